The number of aromatic hydroxyl groups is 1. The van der Waals surface area contributed by atoms with E-state index in [1.165, 1.54) is 0 Å². The molecule has 0 bridgehead atoms. The first-order chi connectivity index (χ1) is 7.46. The maximum absolute atomic E-state index is 11.5. The van der Waals surface area contributed by atoms with Crippen molar-refractivity contribution in [3.05, 3.63) is 35.2 Å². The minimum absolute atomic E-state index is 0.254. The van der Waals surface area contributed by atoms with E-state index in [2.05, 4.69) is 4.98 Å². The molecule has 0 spiro atoms. The van der Waals surface area contributed by atoms with E-state index in [-0.39, 0.29) is 10.4 Å². The molecule has 2 N–H and O–H groups in total. The van der Waals surface area contributed by atoms with E-state index in [4.69, 9.17) is 0 Å². The minimum atomic E-state index is -0.300. The lowest BCUT2D eigenvalue weighted by Gasteiger charge is -2.33. The van der Waals surface area contributed by atoms with Gasteiger partial charge in [-0.1, -0.05) is 0 Å². The molecule has 4 heteroatoms. The summed E-state index contributed by atoms with van der Waals surface area (Å²) in [6.07, 6.45) is 2.61. The molecule has 0 amide bonds. The van der Waals surface area contributed by atoms with E-state index in [1.54, 1.807) is 26.2 Å². The molecule has 0 fully saturated rings. The van der Waals surface area contributed by atoms with Crippen LogP contribution in [0.5, 0.6) is 5.75 Å². The molecule has 0 aliphatic heterocycles. The highest BCUT2D eigenvalue weighted by atomic mass is 16.5. The van der Waals surface area contributed by atoms with Crippen LogP contribution in [0.15, 0.2) is 24.4 Å². The summed E-state index contributed by atoms with van der Waals surface area (Å²) in [7, 11) is 3.26. The molecule has 0 aliphatic carbocycles. The van der Waals surface area contributed by atoms with E-state index in [0.29, 0.717) is 13.0 Å². The standard InChI is InChI=1S/C12H16N2O2/c1-14(2,16)6-5-9-8-13-12-4-3-10(15)7-11(9)12/h3-4,7-8,13,15H,5-6H2,1-2H3. The number of fused-ring (bicyclic) bond motifs is 1. The van der Waals surface area contributed by atoms with Gasteiger partial charge in [0.1, 0.15) is 5.75 Å². The highest BCUT2D eigenvalue weighted by Gasteiger charge is 2.08. The van der Waals surface area contributed by atoms with Gasteiger partial charge in [-0.25, -0.2) is 0 Å². The molecule has 16 heavy (non-hydrogen) atoms. The number of nitrogens with one attached hydrogen (secondary N) is 1. The summed E-state index contributed by atoms with van der Waals surface area (Å²) in [5, 5.41) is 21.9. The van der Waals surface area contributed by atoms with Crippen molar-refractivity contribution in [3.8, 4) is 5.75 Å². The second-order valence-electron chi connectivity index (χ2n) is 4.59. The van der Waals surface area contributed by atoms with Crippen LogP contribution in [0, 0.1) is 5.21 Å². The van der Waals surface area contributed by atoms with Gasteiger partial charge in [-0.15, -0.1) is 0 Å². The Morgan fingerprint density at radius 1 is 1.38 bits per heavy atom. The lowest BCUT2D eigenvalue weighted by molar-refractivity contribution is -0.839. The largest absolute Gasteiger partial charge is 0.633 e. The summed E-state index contributed by atoms with van der Waals surface area (Å²) < 4.78 is -0.300. The van der Waals surface area contributed by atoms with Crippen LogP contribution in [-0.4, -0.2) is 35.4 Å². The molecule has 0 unspecified atom stereocenters. The Labute approximate surface area is 94.3 Å². The first-order valence-electron chi connectivity index (χ1n) is 5.29. The molecule has 1 aromatic carbocycles. The summed E-state index contributed by atoms with van der Waals surface area (Å²) in [6, 6.07) is 5.22. The van der Waals surface area contributed by atoms with Crippen LogP contribution in [0.2, 0.25) is 0 Å². The smallest absolute Gasteiger partial charge is 0.116 e. The van der Waals surface area contributed by atoms with Gasteiger partial charge in [-0.2, -0.15) is 0 Å². The summed E-state index contributed by atoms with van der Waals surface area (Å²) in [4.78, 5) is 3.13. The SMILES string of the molecule is C[N+](C)([O-])CCc1c[nH]c2ccc(O)cc12. The summed E-state index contributed by atoms with van der Waals surface area (Å²) in [5.41, 5.74) is 2.07. The first kappa shape index (κ1) is 11.0. The van der Waals surface area contributed by atoms with Crippen molar-refractivity contribution >= 4 is 10.9 Å². The predicted octanol–water partition coefficient (Wildman–Crippen LogP) is 1.99. The fraction of sp³-hybridized carbons (Fsp3) is 0.333. The maximum atomic E-state index is 11.5. The number of nitrogens with zero attached hydrogens (tertiary/aromatic N) is 1. The molecular formula is C12H16N2O2. The average Bonchev–Trinajstić information content (AvgIpc) is 2.56. The lowest BCUT2D eigenvalue weighted by atomic mass is 10.1. The molecule has 0 saturated heterocycles. The molecule has 2 aromatic rings. The highest BCUT2D eigenvalue weighted by Crippen LogP contribution is 2.23. The minimum Gasteiger partial charge on any atom is -0.633 e. The molecule has 4 nitrogen and oxygen atoms in total. The summed E-state index contributed by atoms with van der Waals surface area (Å²) >= 11 is 0. The van der Waals surface area contributed by atoms with Crippen molar-refractivity contribution in [2.75, 3.05) is 20.6 Å². The van der Waals surface area contributed by atoms with Crippen LogP contribution in [0.4, 0.5) is 0 Å². The van der Waals surface area contributed by atoms with Gasteiger partial charge in [0.15, 0.2) is 0 Å². The summed E-state index contributed by atoms with van der Waals surface area (Å²) in [5.74, 6) is 0.254. The van der Waals surface area contributed by atoms with Crippen LogP contribution in [-0.2, 0) is 6.42 Å². The Kier molecular flexibility index (Phi) is 2.61. The maximum Gasteiger partial charge on any atom is 0.116 e. The van der Waals surface area contributed by atoms with Gasteiger partial charge in [-0.3, -0.25) is 0 Å². The van der Waals surface area contributed by atoms with Gasteiger partial charge in [0.05, 0.1) is 20.6 Å². The number of hydroxylamine groups is 3. The number of hydrogen-bond acceptors (Lipinski definition) is 2. The van der Waals surface area contributed by atoms with Crippen LogP contribution in [0.3, 0.4) is 0 Å². The molecule has 0 radical (unpaired) electrons. The fourth-order valence-electron chi connectivity index (χ4n) is 1.76. The summed E-state index contributed by atoms with van der Waals surface area (Å²) in [6.45, 7) is 0.530. The molecule has 1 aromatic heterocycles. The predicted molar refractivity (Wildman–Crippen MR) is 64.0 cm³/mol. The van der Waals surface area contributed by atoms with Crippen molar-refractivity contribution in [1.29, 1.82) is 0 Å². The third-order valence-corrected chi connectivity index (χ3v) is 2.67. The first-order valence-corrected chi connectivity index (χ1v) is 5.29. The van der Waals surface area contributed by atoms with E-state index in [0.717, 1.165) is 16.5 Å². The average molecular weight is 220 g/mol. The Bertz CT molecular complexity index is 497. The Balaban J connectivity index is 2.28. The third-order valence-electron chi connectivity index (χ3n) is 2.67. The van der Waals surface area contributed by atoms with Gasteiger partial charge in [0.25, 0.3) is 0 Å². The van der Waals surface area contributed by atoms with Gasteiger partial charge in [-0.05, 0) is 23.8 Å². The van der Waals surface area contributed by atoms with Crippen LogP contribution < -0.4 is 0 Å². The van der Waals surface area contributed by atoms with Crippen molar-refractivity contribution in [3.63, 3.8) is 0 Å². The molecule has 0 saturated carbocycles. The van der Waals surface area contributed by atoms with Gasteiger partial charge >= 0.3 is 0 Å². The van der Waals surface area contributed by atoms with E-state index < -0.39 is 0 Å². The Morgan fingerprint density at radius 3 is 2.81 bits per heavy atom. The second-order valence-corrected chi connectivity index (χ2v) is 4.59. The highest BCUT2D eigenvalue weighted by molar-refractivity contribution is 5.84. The van der Waals surface area contributed by atoms with Crippen molar-refractivity contribution in [1.82, 2.24) is 4.98 Å². The van der Waals surface area contributed by atoms with Crippen LogP contribution in [0.1, 0.15) is 5.56 Å². The number of phenolic OH excluding ortho intramolecular Hbond substituents is 1. The zero-order valence-corrected chi connectivity index (χ0v) is 9.53. The number of rotatable bonds is 3. The van der Waals surface area contributed by atoms with E-state index >= 15 is 0 Å². The Hall–Kier alpha value is -1.52. The number of hydrogen-bond donors (Lipinski definition) is 2. The molecular weight excluding hydrogens is 204 g/mol. The van der Waals surface area contributed by atoms with Crippen molar-refractivity contribution < 1.29 is 9.75 Å². The molecule has 1 heterocycles. The number of aromatic nitrogens is 1. The molecule has 86 valence electrons. The van der Waals surface area contributed by atoms with Gasteiger partial charge in [0.2, 0.25) is 0 Å². The third kappa shape index (κ3) is 2.35. The fourth-order valence-corrected chi connectivity index (χ4v) is 1.76. The molecule has 0 atom stereocenters. The van der Waals surface area contributed by atoms with Gasteiger partial charge in [0, 0.05) is 23.5 Å². The zero-order valence-electron chi connectivity index (χ0n) is 9.53. The number of likely N-dealkylation sites (N-methyl/N-ethyl adjacent to an activating group) is 1. The number of phenols is 1. The number of quaternary nitrogens is 1. The number of H-pyrrole nitrogens is 1. The van der Waals surface area contributed by atoms with Gasteiger partial charge < -0.3 is 19.9 Å². The molecule has 2 rings (SSSR count). The number of aromatic amines is 1. The van der Waals surface area contributed by atoms with Crippen LogP contribution in [0.25, 0.3) is 10.9 Å². The number of benzene rings is 1. The normalized spacial score (nSPS) is 12.2. The topological polar surface area (TPSA) is 59.1 Å². The van der Waals surface area contributed by atoms with E-state index in [9.17, 15) is 10.3 Å². The second kappa shape index (κ2) is 3.81. The molecule has 0 aliphatic rings. The zero-order chi connectivity index (χ0) is 11.8. The van der Waals surface area contributed by atoms with Crippen molar-refractivity contribution in [2.24, 2.45) is 0 Å². The quantitative estimate of drug-likeness (QED) is 0.614. The Morgan fingerprint density at radius 2 is 2.12 bits per heavy atom. The van der Waals surface area contributed by atoms with Crippen LogP contribution >= 0.6 is 0 Å². The monoisotopic (exact) mass is 220 g/mol. The van der Waals surface area contributed by atoms with Crippen molar-refractivity contribution in [2.45, 2.75) is 6.42 Å². The lowest BCUT2D eigenvalue weighted by Crippen LogP contribution is -2.34. The van der Waals surface area contributed by atoms with E-state index in [1.807, 2.05) is 12.3 Å².